The van der Waals surface area contributed by atoms with Gasteiger partial charge in [-0.05, 0) is 30.2 Å². The zero-order chi connectivity index (χ0) is 13.9. The third-order valence-corrected chi connectivity index (χ3v) is 2.51. The molecule has 0 saturated heterocycles. The summed E-state index contributed by atoms with van der Waals surface area (Å²) in [6.45, 7) is 5.67. The summed E-state index contributed by atoms with van der Waals surface area (Å²) >= 11 is 0. The second-order valence-corrected chi connectivity index (χ2v) is 3.89. The van der Waals surface area contributed by atoms with Crippen molar-refractivity contribution in [1.82, 2.24) is 0 Å². The van der Waals surface area contributed by atoms with E-state index in [1.54, 1.807) is 13.2 Å². The Morgan fingerprint density at radius 1 is 0.895 bits per heavy atom. The molecule has 0 aliphatic carbocycles. The van der Waals surface area contributed by atoms with Crippen molar-refractivity contribution in [2.24, 2.45) is 0 Å². The van der Waals surface area contributed by atoms with Crippen LogP contribution in [0.2, 0.25) is 0 Å². The maximum absolute atomic E-state index is 4.98. The van der Waals surface area contributed by atoms with E-state index >= 15 is 0 Å². The molecule has 0 spiro atoms. The molecule has 0 aromatic heterocycles. The summed E-state index contributed by atoms with van der Waals surface area (Å²) < 4.78 is 4.98. The van der Waals surface area contributed by atoms with Crippen molar-refractivity contribution in [3.05, 3.63) is 78.4 Å². The molecule has 98 valence electrons. The Hall–Kier alpha value is -2.28. The first-order valence-corrected chi connectivity index (χ1v) is 6.24. The summed E-state index contributed by atoms with van der Waals surface area (Å²) in [5.74, 6) is 0.880. The average Bonchev–Trinajstić information content (AvgIpc) is 2.49. The SMILES string of the molecule is C=Cc1ccc(OC)cc1.CC=Cc1ccccc1. The minimum Gasteiger partial charge on any atom is -0.497 e. The smallest absolute Gasteiger partial charge is 0.118 e. The van der Waals surface area contributed by atoms with Crippen LogP contribution >= 0.6 is 0 Å². The van der Waals surface area contributed by atoms with Gasteiger partial charge in [-0.3, -0.25) is 0 Å². The summed E-state index contributed by atoms with van der Waals surface area (Å²) in [5, 5.41) is 0. The van der Waals surface area contributed by atoms with Crippen LogP contribution in [0.5, 0.6) is 5.75 Å². The van der Waals surface area contributed by atoms with E-state index in [0.29, 0.717) is 0 Å². The van der Waals surface area contributed by atoms with E-state index in [1.807, 2.05) is 55.5 Å². The first kappa shape index (κ1) is 14.8. The molecule has 2 aromatic carbocycles. The third-order valence-electron chi connectivity index (χ3n) is 2.51. The van der Waals surface area contributed by atoms with Crippen molar-refractivity contribution in [3.8, 4) is 5.75 Å². The molecule has 0 N–H and O–H groups in total. The molecule has 0 fully saturated rings. The molecule has 19 heavy (non-hydrogen) atoms. The van der Waals surface area contributed by atoms with Gasteiger partial charge in [0.1, 0.15) is 5.75 Å². The van der Waals surface area contributed by atoms with Crippen molar-refractivity contribution >= 4 is 12.2 Å². The largest absolute Gasteiger partial charge is 0.497 e. The molecule has 1 heteroatoms. The number of hydrogen-bond acceptors (Lipinski definition) is 1. The number of hydrogen-bond donors (Lipinski definition) is 0. The number of ether oxygens (including phenoxy) is 1. The Morgan fingerprint density at radius 2 is 1.53 bits per heavy atom. The van der Waals surface area contributed by atoms with Crippen LogP contribution in [0, 0.1) is 0 Å². The van der Waals surface area contributed by atoms with Crippen molar-refractivity contribution in [2.45, 2.75) is 6.92 Å². The average molecular weight is 252 g/mol. The lowest BCUT2D eigenvalue weighted by molar-refractivity contribution is 0.415. The number of methoxy groups -OCH3 is 1. The second-order valence-electron chi connectivity index (χ2n) is 3.89. The lowest BCUT2D eigenvalue weighted by Gasteiger charge is -1.97. The fourth-order valence-electron chi connectivity index (χ4n) is 1.50. The van der Waals surface area contributed by atoms with Gasteiger partial charge in [-0.1, -0.05) is 67.3 Å². The molecule has 0 heterocycles. The number of benzene rings is 2. The third kappa shape index (κ3) is 5.73. The fourth-order valence-corrected chi connectivity index (χ4v) is 1.50. The van der Waals surface area contributed by atoms with Crippen molar-refractivity contribution < 1.29 is 4.74 Å². The van der Waals surface area contributed by atoms with Crippen LogP contribution in [0.1, 0.15) is 18.1 Å². The maximum Gasteiger partial charge on any atom is 0.118 e. The summed E-state index contributed by atoms with van der Waals surface area (Å²) in [5.41, 5.74) is 2.38. The Kier molecular flexibility index (Phi) is 6.81. The van der Waals surface area contributed by atoms with Gasteiger partial charge in [-0.15, -0.1) is 0 Å². The Labute approximate surface area is 115 Å². The first-order valence-electron chi connectivity index (χ1n) is 6.24. The first-order chi connectivity index (χ1) is 9.30. The molecular weight excluding hydrogens is 232 g/mol. The molecule has 0 bridgehead atoms. The zero-order valence-electron chi connectivity index (χ0n) is 11.5. The van der Waals surface area contributed by atoms with E-state index in [4.69, 9.17) is 4.74 Å². The Bertz CT molecular complexity index is 495. The van der Waals surface area contributed by atoms with Gasteiger partial charge in [0.15, 0.2) is 0 Å². The predicted molar refractivity (Wildman–Crippen MR) is 84.2 cm³/mol. The van der Waals surface area contributed by atoms with Crippen molar-refractivity contribution in [2.75, 3.05) is 7.11 Å². The highest BCUT2D eigenvalue weighted by atomic mass is 16.5. The molecule has 0 saturated carbocycles. The molecule has 1 nitrogen and oxygen atoms in total. The van der Waals surface area contributed by atoms with Crippen molar-refractivity contribution in [3.63, 3.8) is 0 Å². The van der Waals surface area contributed by atoms with Crippen LogP contribution in [0.3, 0.4) is 0 Å². The van der Waals surface area contributed by atoms with E-state index in [0.717, 1.165) is 11.3 Å². The van der Waals surface area contributed by atoms with Crippen LogP contribution < -0.4 is 4.74 Å². The summed E-state index contributed by atoms with van der Waals surface area (Å²) in [6, 6.07) is 18.0. The van der Waals surface area contributed by atoms with Gasteiger partial charge >= 0.3 is 0 Å². The molecule has 0 amide bonds. The van der Waals surface area contributed by atoms with Crippen LogP contribution in [0.25, 0.3) is 12.2 Å². The topological polar surface area (TPSA) is 9.23 Å². The summed E-state index contributed by atoms with van der Waals surface area (Å²) in [6.07, 6.45) is 5.93. The van der Waals surface area contributed by atoms with Crippen LogP contribution in [-0.4, -0.2) is 7.11 Å². The highest BCUT2D eigenvalue weighted by Crippen LogP contribution is 2.11. The van der Waals surface area contributed by atoms with Crippen LogP contribution in [0.15, 0.2) is 67.3 Å². The van der Waals surface area contributed by atoms with Gasteiger partial charge < -0.3 is 4.74 Å². The van der Waals surface area contributed by atoms with Gasteiger partial charge in [0.05, 0.1) is 7.11 Å². The quantitative estimate of drug-likeness (QED) is 0.742. The maximum atomic E-state index is 4.98. The highest BCUT2D eigenvalue weighted by molar-refractivity contribution is 5.48. The molecule has 0 unspecified atom stereocenters. The van der Waals surface area contributed by atoms with Gasteiger partial charge in [-0.25, -0.2) is 0 Å². The normalized spacial score (nSPS) is 9.58. The standard InChI is InChI=1S/C9H10O.C9H10/c1-3-8-4-6-9(10-2)7-5-8;1-2-6-9-7-4-3-5-8-9/h3-7H,1H2,2H3;2-8H,1H3. The molecule has 2 aromatic rings. The molecule has 0 radical (unpaired) electrons. The minimum absolute atomic E-state index is 0.880. The number of rotatable bonds is 3. The zero-order valence-corrected chi connectivity index (χ0v) is 11.5. The monoisotopic (exact) mass is 252 g/mol. The van der Waals surface area contributed by atoms with E-state index < -0.39 is 0 Å². The van der Waals surface area contributed by atoms with Crippen LogP contribution in [0.4, 0.5) is 0 Å². The lowest BCUT2D eigenvalue weighted by Crippen LogP contribution is -1.80. The van der Waals surface area contributed by atoms with Gasteiger partial charge in [0.2, 0.25) is 0 Å². The highest BCUT2D eigenvalue weighted by Gasteiger charge is 1.87. The van der Waals surface area contributed by atoms with Gasteiger partial charge in [0.25, 0.3) is 0 Å². The van der Waals surface area contributed by atoms with Crippen molar-refractivity contribution in [1.29, 1.82) is 0 Å². The van der Waals surface area contributed by atoms with E-state index in [2.05, 4.69) is 24.8 Å². The van der Waals surface area contributed by atoms with E-state index in [9.17, 15) is 0 Å². The predicted octanol–water partition coefficient (Wildman–Crippen LogP) is 5.06. The summed E-state index contributed by atoms with van der Waals surface area (Å²) in [4.78, 5) is 0. The van der Waals surface area contributed by atoms with Gasteiger partial charge in [0, 0.05) is 0 Å². The van der Waals surface area contributed by atoms with Crippen LogP contribution in [-0.2, 0) is 0 Å². The Morgan fingerprint density at radius 3 is 2.00 bits per heavy atom. The lowest BCUT2D eigenvalue weighted by atomic mass is 10.2. The summed E-state index contributed by atoms with van der Waals surface area (Å²) in [7, 11) is 1.66. The molecule has 2 rings (SSSR count). The van der Waals surface area contributed by atoms with Gasteiger partial charge in [-0.2, -0.15) is 0 Å². The van der Waals surface area contributed by atoms with E-state index in [1.165, 1.54) is 5.56 Å². The molecule has 0 aliphatic heterocycles. The molecule has 0 aliphatic rings. The molecule has 0 atom stereocenters. The fraction of sp³-hybridized carbons (Fsp3) is 0.111. The minimum atomic E-state index is 0.880. The van der Waals surface area contributed by atoms with E-state index in [-0.39, 0.29) is 0 Å². The Balaban J connectivity index is 0.000000191. The molecular formula is C18H20O. The number of allylic oxidation sites excluding steroid dienone is 1. The second kappa shape index (κ2) is 8.76.